The van der Waals surface area contributed by atoms with Crippen LogP contribution in [0.1, 0.15) is 19.8 Å². The maximum absolute atomic E-state index is 5.25. The van der Waals surface area contributed by atoms with Crippen molar-refractivity contribution in [1.29, 1.82) is 0 Å². The predicted octanol–water partition coefficient (Wildman–Crippen LogP) is 2.26. The van der Waals surface area contributed by atoms with Gasteiger partial charge in [-0.2, -0.15) is 0 Å². The van der Waals surface area contributed by atoms with Gasteiger partial charge in [0, 0.05) is 0 Å². The molecule has 1 nitrogen and oxygen atoms in total. The normalized spacial score (nSPS) is 26.6. The molecule has 1 aliphatic heterocycles. The molecule has 0 saturated heterocycles. The average molecular weight is 124 g/mol. The first kappa shape index (κ1) is 6.40. The lowest BCUT2D eigenvalue weighted by Gasteiger charge is -2.14. The van der Waals surface area contributed by atoms with E-state index in [2.05, 4.69) is 12.2 Å². The molecule has 9 heavy (non-hydrogen) atoms. The number of rotatable bonds is 1. The lowest BCUT2D eigenvalue weighted by molar-refractivity contribution is 0.165. The van der Waals surface area contributed by atoms with Crippen molar-refractivity contribution in [2.24, 2.45) is 0 Å². The van der Waals surface area contributed by atoms with Crippen LogP contribution in [0.5, 0.6) is 0 Å². The van der Waals surface area contributed by atoms with E-state index in [1.807, 2.05) is 13.0 Å². The Hall–Kier alpha value is -0.720. The minimum absolute atomic E-state index is 0.333. The third kappa shape index (κ3) is 1.92. The van der Waals surface area contributed by atoms with Gasteiger partial charge in [0.15, 0.2) is 0 Å². The molecule has 1 atom stereocenters. The Bertz CT molecular complexity index is 125. The van der Waals surface area contributed by atoms with Gasteiger partial charge in [-0.3, -0.25) is 0 Å². The lowest BCUT2D eigenvalue weighted by atomic mass is 10.1. The van der Waals surface area contributed by atoms with Gasteiger partial charge in [0.25, 0.3) is 0 Å². The molecule has 0 spiro atoms. The minimum Gasteiger partial charge on any atom is -0.494 e. The molecule has 0 aromatic rings. The van der Waals surface area contributed by atoms with Crippen molar-refractivity contribution in [2.75, 3.05) is 0 Å². The molecule has 1 rings (SSSR count). The van der Waals surface area contributed by atoms with E-state index in [-0.39, 0.29) is 0 Å². The van der Waals surface area contributed by atoms with Crippen LogP contribution in [0.4, 0.5) is 0 Å². The SMILES string of the molecule is C/C=C/[C@H]1CCC=CO1. The third-order valence-corrected chi connectivity index (χ3v) is 1.37. The summed E-state index contributed by atoms with van der Waals surface area (Å²) in [4.78, 5) is 0. The van der Waals surface area contributed by atoms with Crippen molar-refractivity contribution in [3.8, 4) is 0 Å². The van der Waals surface area contributed by atoms with E-state index in [0.717, 1.165) is 12.8 Å². The largest absolute Gasteiger partial charge is 0.494 e. The molecule has 0 aliphatic carbocycles. The summed E-state index contributed by atoms with van der Waals surface area (Å²) in [6.07, 6.45) is 10.6. The zero-order chi connectivity index (χ0) is 6.53. The predicted molar refractivity (Wildman–Crippen MR) is 38.1 cm³/mol. The Morgan fingerprint density at radius 3 is 3.11 bits per heavy atom. The van der Waals surface area contributed by atoms with Gasteiger partial charge in [0.05, 0.1) is 6.26 Å². The second-order valence-electron chi connectivity index (χ2n) is 2.15. The number of allylic oxidation sites excluding steroid dienone is 2. The minimum atomic E-state index is 0.333. The van der Waals surface area contributed by atoms with Gasteiger partial charge in [0.1, 0.15) is 6.10 Å². The maximum Gasteiger partial charge on any atom is 0.116 e. The van der Waals surface area contributed by atoms with Crippen molar-refractivity contribution in [2.45, 2.75) is 25.9 Å². The third-order valence-electron chi connectivity index (χ3n) is 1.37. The highest BCUT2D eigenvalue weighted by Crippen LogP contribution is 2.10. The van der Waals surface area contributed by atoms with Crippen LogP contribution >= 0.6 is 0 Å². The Labute approximate surface area is 56.0 Å². The van der Waals surface area contributed by atoms with E-state index < -0.39 is 0 Å². The Morgan fingerprint density at radius 1 is 1.67 bits per heavy atom. The standard InChI is InChI=1S/C8H12O/c1-2-5-8-6-3-4-7-9-8/h2,4-5,7-8H,3,6H2,1H3/b5-2+/t8-/m0/s1. The van der Waals surface area contributed by atoms with Crippen molar-refractivity contribution in [1.82, 2.24) is 0 Å². The Morgan fingerprint density at radius 2 is 2.56 bits per heavy atom. The summed E-state index contributed by atoms with van der Waals surface area (Å²) in [5, 5.41) is 0. The molecule has 0 saturated carbocycles. The zero-order valence-corrected chi connectivity index (χ0v) is 5.71. The van der Waals surface area contributed by atoms with Crippen LogP contribution in [-0.2, 0) is 4.74 Å². The van der Waals surface area contributed by atoms with E-state index >= 15 is 0 Å². The monoisotopic (exact) mass is 124 g/mol. The van der Waals surface area contributed by atoms with Crippen molar-refractivity contribution < 1.29 is 4.74 Å². The molecule has 1 aliphatic rings. The van der Waals surface area contributed by atoms with Crippen LogP contribution in [0.2, 0.25) is 0 Å². The first-order valence-corrected chi connectivity index (χ1v) is 3.37. The molecular formula is C8H12O. The molecule has 0 radical (unpaired) electrons. The quantitative estimate of drug-likeness (QED) is 0.487. The maximum atomic E-state index is 5.25. The molecule has 1 heteroatoms. The van der Waals surface area contributed by atoms with Crippen LogP contribution in [0.25, 0.3) is 0 Å². The first-order valence-electron chi connectivity index (χ1n) is 3.37. The van der Waals surface area contributed by atoms with Crippen LogP contribution in [0.3, 0.4) is 0 Å². The van der Waals surface area contributed by atoms with Gasteiger partial charge in [-0.15, -0.1) is 0 Å². The van der Waals surface area contributed by atoms with Crippen LogP contribution in [0, 0.1) is 0 Å². The lowest BCUT2D eigenvalue weighted by Crippen LogP contribution is -2.07. The summed E-state index contributed by atoms with van der Waals surface area (Å²) >= 11 is 0. The highest BCUT2D eigenvalue weighted by atomic mass is 16.5. The fourth-order valence-electron chi connectivity index (χ4n) is 0.909. The van der Waals surface area contributed by atoms with E-state index in [1.165, 1.54) is 0 Å². The molecule has 50 valence electrons. The number of hydrogen-bond acceptors (Lipinski definition) is 1. The van der Waals surface area contributed by atoms with Crippen LogP contribution in [0.15, 0.2) is 24.5 Å². The topological polar surface area (TPSA) is 9.23 Å². The average Bonchev–Trinajstić information content (AvgIpc) is 1.91. The van der Waals surface area contributed by atoms with Crippen molar-refractivity contribution in [3.05, 3.63) is 24.5 Å². The van der Waals surface area contributed by atoms with Crippen molar-refractivity contribution in [3.63, 3.8) is 0 Å². The molecule has 0 amide bonds. The molecule has 0 N–H and O–H groups in total. The molecule has 1 heterocycles. The fraction of sp³-hybridized carbons (Fsp3) is 0.500. The van der Waals surface area contributed by atoms with Gasteiger partial charge in [-0.1, -0.05) is 6.08 Å². The Kier molecular flexibility index (Phi) is 2.37. The molecule has 0 unspecified atom stereocenters. The van der Waals surface area contributed by atoms with Gasteiger partial charge in [0.2, 0.25) is 0 Å². The summed E-state index contributed by atoms with van der Waals surface area (Å²) in [6, 6.07) is 0. The molecule has 0 aromatic heterocycles. The summed E-state index contributed by atoms with van der Waals surface area (Å²) in [6.45, 7) is 2.02. The van der Waals surface area contributed by atoms with Crippen LogP contribution in [-0.4, -0.2) is 6.10 Å². The van der Waals surface area contributed by atoms with Gasteiger partial charge in [-0.25, -0.2) is 0 Å². The van der Waals surface area contributed by atoms with Gasteiger partial charge < -0.3 is 4.74 Å². The zero-order valence-electron chi connectivity index (χ0n) is 5.71. The summed E-state index contributed by atoms with van der Waals surface area (Å²) in [7, 11) is 0. The first-order chi connectivity index (χ1) is 4.43. The highest BCUT2D eigenvalue weighted by Gasteiger charge is 2.04. The molecule has 0 fully saturated rings. The number of hydrogen-bond donors (Lipinski definition) is 0. The fourth-order valence-corrected chi connectivity index (χ4v) is 0.909. The second-order valence-corrected chi connectivity index (χ2v) is 2.15. The van der Waals surface area contributed by atoms with E-state index in [9.17, 15) is 0 Å². The summed E-state index contributed by atoms with van der Waals surface area (Å²) < 4.78 is 5.25. The summed E-state index contributed by atoms with van der Waals surface area (Å²) in [5.41, 5.74) is 0. The molecular weight excluding hydrogens is 112 g/mol. The highest BCUT2D eigenvalue weighted by molar-refractivity contribution is 4.93. The molecule has 0 bridgehead atoms. The van der Waals surface area contributed by atoms with E-state index in [0.29, 0.717) is 6.10 Å². The Balaban J connectivity index is 2.35. The van der Waals surface area contributed by atoms with Crippen molar-refractivity contribution >= 4 is 0 Å². The second kappa shape index (κ2) is 3.33. The van der Waals surface area contributed by atoms with Gasteiger partial charge in [-0.05, 0) is 31.9 Å². The smallest absolute Gasteiger partial charge is 0.116 e. The van der Waals surface area contributed by atoms with E-state index in [4.69, 9.17) is 4.74 Å². The number of ether oxygens (including phenoxy) is 1. The van der Waals surface area contributed by atoms with Crippen LogP contribution < -0.4 is 0 Å². The van der Waals surface area contributed by atoms with E-state index in [1.54, 1.807) is 6.26 Å². The molecule has 0 aromatic carbocycles. The van der Waals surface area contributed by atoms with Gasteiger partial charge >= 0.3 is 0 Å². The summed E-state index contributed by atoms with van der Waals surface area (Å²) in [5.74, 6) is 0.